The molecule has 0 radical (unpaired) electrons. The second-order valence-electron chi connectivity index (χ2n) is 14.4. The van der Waals surface area contributed by atoms with Crippen molar-refractivity contribution in [1.82, 2.24) is 0 Å². The highest BCUT2D eigenvalue weighted by Gasteiger charge is 2.17. The van der Waals surface area contributed by atoms with Crippen LogP contribution in [0, 0.1) is 0 Å². The van der Waals surface area contributed by atoms with E-state index in [2.05, 4.69) is 6.92 Å². The highest BCUT2D eigenvalue weighted by atomic mass is 16.6. The molecular formula is C47H84O15. The molecular weight excluding hydrogens is 805 g/mol. The molecule has 0 atom stereocenters. The molecule has 1 aromatic rings. The molecule has 1 aromatic carbocycles. The average molecular weight is 889 g/mol. The largest absolute Gasteiger partial charge is 0.457 e. The Balaban J connectivity index is 1.62. The van der Waals surface area contributed by atoms with Crippen LogP contribution < -0.4 is 0 Å². The third-order valence-electron chi connectivity index (χ3n) is 9.17. The molecule has 0 aromatic heterocycles. The molecule has 362 valence electrons. The second-order valence-corrected chi connectivity index (χ2v) is 14.4. The van der Waals surface area contributed by atoms with Crippen molar-refractivity contribution in [2.24, 2.45) is 0 Å². The Morgan fingerprint density at radius 3 is 0.839 bits per heavy atom. The lowest BCUT2D eigenvalue weighted by atomic mass is 10.0. The topological polar surface area (TPSA) is 154 Å². The van der Waals surface area contributed by atoms with E-state index in [0.717, 1.165) is 13.0 Å². The molecule has 0 amide bonds. The van der Waals surface area contributed by atoms with E-state index in [-0.39, 0.29) is 13.2 Å². The summed E-state index contributed by atoms with van der Waals surface area (Å²) in [7, 11) is 0. The van der Waals surface area contributed by atoms with Gasteiger partial charge in [-0.2, -0.15) is 0 Å². The van der Waals surface area contributed by atoms with E-state index >= 15 is 0 Å². The number of hydrogen-bond acceptors (Lipinski definition) is 15. The Hall–Kier alpha value is -2.12. The number of hydrogen-bond donors (Lipinski definition) is 0. The molecule has 0 bridgehead atoms. The van der Waals surface area contributed by atoms with E-state index in [9.17, 15) is 9.59 Å². The normalized spacial score (nSPS) is 11.4. The summed E-state index contributed by atoms with van der Waals surface area (Å²) >= 11 is 0. The zero-order chi connectivity index (χ0) is 44.3. The van der Waals surface area contributed by atoms with Crippen molar-refractivity contribution in [3.63, 3.8) is 0 Å². The number of benzene rings is 1. The maximum absolute atomic E-state index is 11.9. The van der Waals surface area contributed by atoms with E-state index in [4.69, 9.17) is 61.6 Å². The quantitative estimate of drug-likeness (QED) is 0.0295. The van der Waals surface area contributed by atoms with Crippen LogP contribution in [-0.2, 0) is 66.4 Å². The number of ketones is 1. The van der Waals surface area contributed by atoms with Crippen LogP contribution in [0.2, 0.25) is 0 Å². The predicted molar refractivity (Wildman–Crippen MR) is 237 cm³/mol. The van der Waals surface area contributed by atoms with Crippen molar-refractivity contribution in [2.75, 3.05) is 165 Å². The Morgan fingerprint density at radius 1 is 0.306 bits per heavy atom. The Morgan fingerprint density at radius 2 is 0.548 bits per heavy atom. The van der Waals surface area contributed by atoms with Crippen LogP contribution in [-0.4, -0.2) is 177 Å². The molecule has 0 unspecified atom stereocenters. The number of carbonyl (C=O) groups is 2. The van der Waals surface area contributed by atoms with Gasteiger partial charge < -0.3 is 61.6 Å². The smallest absolute Gasteiger partial charge is 0.379 e. The first kappa shape index (κ1) is 57.9. The fourth-order valence-electron chi connectivity index (χ4n) is 5.71. The molecule has 15 heteroatoms. The number of Topliss-reactive ketones (excluding diaryl/α,β-unsaturated/α-hetero) is 1. The van der Waals surface area contributed by atoms with Crippen LogP contribution in [0.4, 0.5) is 0 Å². The fourth-order valence-corrected chi connectivity index (χ4v) is 5.71. The number of ether oxygens (including phenoxy) is 13. The van der Waals surface area contributed by atoms with Gasteiger partial charge in [0.1, 0.15) is 6.61 Å². The van der Waals surface area contributed by atoms with Gasteiger partial charge in [0.05, 0.1) is 152 Å². The minimum absolute atomic E-state index is 0.00332. The lowest BCUT2D eigenvalue weighted by molar-refractivity contribution is -0.139. The van der Waals surface area contributed by atoms with E-state index in [0.29, 0.717) is 151 Å². The van der Waals surface area contributed by atoms with Gasteiger partial charge in [-0.3, -0.25) is 4.79 Å². The zero-order valence-corrected chi connectivity index (χ0v) is 38.4. The van der Waals surface area contributed by atoms with Crippen LogP contribution >= 0.6 is 0 Å². The zero-order valence-electron chi connectivity index (χ0n) is 38.4. The van der Waals surface area contributed by atoms with Crippen molar-refractivity contribution < 1.29 is 71.2 Å². The summed E-state index contributed by atoms with van der Waals surface area (Å²) in [6.45, 7) is 14.1. The molecule has 1 rings (SSSR count). The number of carbonyl (C=O) groups excluding carboxylic acids is 2. The standard InChI is InChI=1S/C47H84O15/c1-2-3-4-5-6-7-8-9-10-11-12-13-17-20-50-21-22-51-23-24-52-25-26-53-27-28-54-29-30-55-31-32-56-33-34-57-35-36-58-37-38-59-39-40-60-41-42-61-43-44-62-47(49)46(48)45-18-15-14-16-19-45/h14-16,18-19H,2-13,17,20-44H2,1H3. The van der Waals surface area contributed by atoms with Gasteiger partial charge in [0.25, 0.3) is 5.78 Å². The maximum Gasteiger partial charge on any atom is 0.379 e. The van der Waals surface area contributed by atoms with Crippen molar-refractivity contribution in [3.8, 4) is 0 Å². The van der Waals surface area contributed by atoms with Crippen LogP contribution in [0.5, 0.6) is 0 Å². The highest BCUT2D eigenvalue weighted by molar-refractivity contribution is 6.40. The minimum Gasteiger partial charge on any atom is -0.457 e. The summed E-state index contributed by atoms with van der Waals surface area (Å²) in [6, 6.07) is 8.27. The lowest BCUT2D eigenvalue weighted by Gasteiger charge is -2.09. The third-order valence-corrected chi connectivity index (χ3v) is 9.17. The van der Waals surface area contributed by atoms with E-state index < -0.39 is 11.8 Å². The number of rotatable bonds is 52. The molecule has 62 heavy (non-hydrogen) atoms. The maximum atomic E-state index is 11.9. The monoisotopic (exact) mass is 889 g/mol. The lowest BCUT2D eigenvalue weighted by Crippen LogP contribution is -2.20. The molecule has 0 saturated carbocycles. The first-order chi connectivity index (χ1) is 30.8. The van der Waals surface area contributed by atoms with E-state index in [1.165, 1.54) is 77.0 Å². The minimum atomic E-state index is -0.897. The third kappa shape index (κ3) is 43.1. The van der Waals surface area contributed by atoms with E-state index in [1.807, 2.05) is 0 Å². The molecule has 0 heterocycles. The Kier molecular flexibility index (Phi) is 46.6. The number of unbranched alkanes of at least 4 members (excludes halogenated alkanes) is 12. The summed E-state index contributed by atoms with van der Waals surface area (Å²) in [6.07, 6.45) is 17.7. The Labute approximate surface area is 373 Å². The van der Waals surface area contributed by atoms with Gasteiger partial charge in [-0.15, -0.1) is 0 Å². The summed E-state index contributed by atoms with van der Waals surface area (Å²) in [5.74, 6) is -1.57. The molecule has 0 aliphatic carbocycles. The summed E-state index contributed by atoms with van der Waals surface area (Å²) in [5, 5.41) is 0. The van der Waals surface area contributed by atoms with Gasteiger partial charge >= 0.3 is 5.97 Å². The van der Waals surface area contributed by atoms with Crippen molar-refractivity contribution in [1.29, 1.82) is 0 Å². The predicted octanol–water partition coefficient (Wildman–Crippen LogP) is 6.70. The van der Waals surface area contributed by atoms with Gasteiger partial charge in [0, 0.05) is 12.2 Å². The molecule has 15 nitrogen and oxygen atoms in total. The first-order valence-electron chi connectivity index (χ1n) is 23.4. The SMILES string of the molecule is CCCCCCCCCCCCCCCOCCOCCOCCOCCOCCOCCOCCOCCOCCOCCOCCOCCOC(=O)C(=O)c1ccccc1. The highest BCUT2D eigenvalue weighted by Crippen LogP contribution is 2.12. The second kappa shape index (κ2) is 49.9. The fraction of sp³-hybridized carbons (Fsp3) is 0.830. The molecule has 0 aliphatic rings. The van der Waals surface area contributed by atoms with Crippen LogP contribution in [0.3, 0.4) is 0 Å². The summed E-state index contributed by atoms with van der Waals surface area (Å²) in [5.41, 5.74) is 0.296. The molecule has 0 N–H and O–H groups in total. The summed E-state index contributed by atoms with van der Waals surface area (Å²) < 4.78 is 71.0. The van der Waals surface area contributed by atoms with Gasteiger partial charge in [-0.25, -0.2) is 4.79 Å². The van der Waals surface area contributed by atoms with Gasteiger partial charge in [-0.1, -0.05) is 114 Å². The molecule has 0 spiro atoms. The average Bonchev–Trinajstić information content (AvgIpc) is 3.29. The van der Waals surface area contributed by atoms with Crippen molar-refractivity contribution >= 4 is 11.8 Å². The molecule has 0 aliphatic heterocycles. The Bertz CT molecular complexity index is 1050. The van der Waals surface area contributed by atoms with Crippen LogP contribution in [0.15, 0.2) is 30.3 Å². The van der Waals surface area contributed by atoms with Crippen molar-refractivity contribution in [3.05, 3.63) is 35.9 Å². The van der Waals surface area contributed by atoms with Gasteiger partial charge in [0.2, 0.25) is 0 Å². The molecule has 0 fully saturated rings. The van der Waals surface area contributed by atoms with Gasteiger partial charge in [-0.05, 0) is 6.42 Å². The van der Waals surface area contributed by atoms with E-state index in [1.54, 1.807) is 30.3 Å². The number of esters is 1. The first-order valence-corrected chi connectivity index (χ1v) is 23.4. The van der Waals surface area contributed by atoms with Gasteiger partial charge in [0.15, 0.2) is 0 Å². The van der Waals surface area contributed by atoms with Crippen LogP contribution in [0.25, 0.3) is 0 Å². The molecule has 0 saturated heterocycles. The van der Waals surface area contributed by atoms with Crippen LogP contribution in [0.1, 0.15) is 101 Å². The summed E-state index contributed by atoms with van der Waals surface area (Å²) in [4.78, 5) is 23.7. The van der Waals surface area contributed by atoms with Crippen molar-refractivity contribution in [2.45, 2.75) is 90.4 Å².